The lowest BCUT2D eigenvalue weighted by molar-refractivity contribution is -0.139. The second-order valence-corrected chi connectivity index (χ2v) is 16.9. The fraction of sp³-hybridized carbons (Fsp3) is 0.667. The number of nitrogens with one attached hydrogen (secondary N) is 1. The Morgan fingerprint density at radius 2 is 1.84 bits per heavy atom. The Balaban J connectivity index is 1.21. The molecule has 4 aliphatic heterocycles. The fourth-order valence-corrected chi connectivity index (χ4v) is 9.47. The van der Waals surface area contributed by atoms with Crippen molar-refractivity contribution in [2.45, 2.75) is 81.4 Å². The van der Waals surface area contributed by atoms with Crippen molar-refractivity contribution in [1.82, 2.24) is 34.1 Å². The highest BCUT2D eigenvalue weighted by molar-refractivity contribution is 7.99. The molecule has 0 saturated carbocycles. The van der Waals surface area contributed by atoms with Crippen LogP contribution in [0.1, 0.15) is 49.4 Å². The number of hydrogen-bond acceptors (Lipinski definition) is 9. The largest absolute Gasteiger partial charge is 0.417 e. The van der Waals surface area contributed by atoms with E-state index in [1.165, 1.54) is 16.4 Å². The van der Waals surface area contributed by atoms with Crippen LogP contribution >= 0.6 is 11.8 Å². The first-order valence-corrected chi connectivity index (χ1v) is 20.1. The molecule has 2 amide bonds. The number of amides is 2. The molecule has 12 nitrogen and oxygen atoms in total. The van der Waals surface area contributed by atoms with Crippen molar-refractivity contribution in [1.29, 1.82) is 0 Å². The van der Waals surface area contributed by atoms with Gasteiger partial charge in [0.25, 0.3) is 0 Å². The van der Waals surface area contributed by atoms with Gasteiger partial charge >= 0.3 is 6.18 Å². The zero-order valence-electron chi connectivity index (χ0n) is 28.5. The Bertz CT molecular complexity index is 1680. The zero-order valence-corrected chi connectivity index (χ0v) is 30.1. The highest BCUT2D eigenvalue weighted by atomic mass is 32.2. The van der Waals surface area contributed by atoms with Gasteiger partial charge in [-0.2, -0.15) is 22.6 Å². The molecule has 0 bridgehead atoms. The predicted molar refractivity (Wildman–Crippen MR) is 183 cm³/mol. The molecule has 17 heteroatoms. The molecule has 2 N–H and O–H groups in total. The van der Waals surface area contributed by atoms with Crippen molar-refractivity contribution in [2.75, 3.05) is 64.4 Å². The Morgan fingerprint density at radius 1 is 1.08 bits per heavy atom. The fourth-order valence-electron chi connectivity index (χ4n) is 7.59. The first-order valence-electron chi connectivity index (χ1n) is 17.3. The molecule has 3 saturated heterocycles. The summed E-state index contributed by atoms with van der Waals surface area (Å²) in [4.78, 5) is 30.4. The number of nitrogens with zero attached hydrogens (tertiary/aromatic N) is 6. The summed E-state index contributed by atoms with van der Waals surface area (Å²) in [6.45, 7) is 6.45. The van der Waals surface area contributed by atoms with Crippen LogP contribution in [0.15, 0.2) is 23.1 Å². The van der Waals surface area contributed by atoms with Gasteiger partial charge in [0.15, 0.2) is 0 Å². The van der Waals surface area contributed by atoms with E-state index in [4.69, 9.17) is 5.10 Å². The quantitative estimate of drug-likeness (QED) is 0.333. The number of piperidine rings is 1. The minimum absolute atomic E-state index is 0.0285. The SMILES string of the molecule is CC1C(=O)NCCN1CCSc1cc(-c2nn(CC(O)CN3CCC(N4CCCC4=O)CC3)c3c2CN(S(C)(=O)=O)CC3)ccc1C(F)(F)F. The number of carbonyl (C=O) groups excluding carboxylic acids is 2. The summed E-state index contributed by atoms with van der Waals surface area (Å²) in [6.07, 6.45) is -0.680. The molecular formula is C33H46F3N7O5S2. The number of β-amino-alcohol motifs (C(OH)–C–C–N with tert-alkyl or cyclic N) is 1. The van der Waals surface area contributed by atoms with E-state index < -0.39 is 27.9 Å². The number of sulfonamides is 1. The highest BCUT2D eigenvalue weighted by Crippen LogP contribution is 2.40. The number of fused-ring (bicyclic) bond motifs is 1. The summed E-state index contributed by atoms with van der Waals surface area (Å²) in [5.74, 6) is 0.446. The van der Waals surface area contributed by atoms with Gasteiger partial charge < -0.3 is 20.2 Å². The van der Waals surface area contributed by atoms with E-state index in [0.29, 0.717) is 61.6 Å². The number of likely N-dealkylation sites (tertiary alicyclic amines) is 2. The number of thioether (sulfide) groups is 1. The van der Waals surface area contributed by atoms with Crippen LogP contribution in [0.2, 0.25) is 0 Å². The number of rotatable bonds is 11. The zero-order chi connectivity index (χ0) is 35.8. The number of halogens is 3. The van der Waals surface area contributed by atoms with Gasteiger partial charge in [-0.05, 0) is 38.3 Å². The van der Waals surface area contributed by atoms with Crippen molar-refractivity contribution >= 4 is 33.6 Å². The summed E-state index contributed by atoms with van der Waals surface area (Å²) in [5, 5.41) is 18.8. The number of aromatic nitrogens is 2. The Hall–Kier alpha value is -2.70. The van der Waals surface area contributed by atoms with Crippen molar-refractivity contribution in [2.24, 2.45) is 0 Å². The third-order valence-corrected chi connectivity index (χ3v) is 12.6. The molecule has 3 fully saturated rings. The van der Waals surface area contributed by atoms with Gasteiger partial charge in [-0.3, -0.25) is 19.2 Å². The smallest absolute Gasteiger partial charge is 0.390 e. The van der Waals surface area contributed by atoms with Gasteiger partial charge in [0, 0.05) is 105 Å². The van der Waals surface area contributed by atoms with E-state index in [1.807, 2.05) is 9.80 Å². The molecule has 6 rings (SSSR count). The summed E-state index contributed by atoms with van der Waals surface area (Å²) in [5.41, 5.74) is 1.44. The summed E-state index contributed by atoms with van der Waals surface area (Å²) in [7, 11) is -3.55. The van der Waals surface area contributed by atoms with E-state index in [-0.39, 0.29) is 48.4 Å². The summed E-state index contributed by atoms with van der Waals surface area (Å²) in [6, 6.07) is 3.76. The number of hydrogen-bond donors (Lipinski definition) is 2. The lowest BCUT2D eigenvalue weighted by atomic mass is 10.0. The van der Waals surface area contributed by atoms with E-state index in [1.54, 1.807) is 11.6 Å². The molecule has 1 aromatic carbocycles. The molecule has 0 radical (unpaired) electrons. The predicted octanol–water partition coefficient (Wildman–Crippen LogP) is 2.25. The van der Waals surface area contributed by atoms with Crippen molar-refractivity contribution in [3.8, 4) is 11.3 Å². The first kappa shape index (κ1) is 37.1. The highest BCUT2D eigenvalue weighted by Gasteiger charge is 2.36. The lowest BCUT2D eigenvalue weighted by Crippen LogP contribution is -2.54. The molecular weight excluding hydrogens is 696 g/mol. The van der Waals surface area contributed by atoms with E-state index in [0.717, 1.165) is 68.7 Å². The average Bonchev–Trinajstić information content (AvgIpc) is 3.65. The minimum atomic E-state index is -4.59. The van der Waals surface area contributed by atoms with Gasteiger partial charge in [0.1, 0.15) is 0 Å². The number of aliphatic hydroxyl groups is 1. The standard InChI is InChI=1S/C33H46F3N7O5S2/c1-22-32(46)37-10-15-40(22)16-17-49-29-18-23(5-6-27(29)33(34,35)36)31-26-21-41(50(2,47)48)14-9-28(26)43(38-31)20-25(44)19-39-12-7-24(8-13-39)42-11-3-4-30(42)45/h5-6,18,22,24-25,44H,3-4,7-17,19-21H2,1-2H3,(H,37,46). The molecule has 50 heavy (non-hydrogen) atoms. The molecule has 0 spiro atoms. The Labute approximate surface area is 295 Å². The van der Waals surface area contributed by atoms with E-state index in [9.17, 15) is 36.3 Å². The third kappa shape index (κ3) is 8.33. The van der Waals surface area contributed by atoms with Crippen molar-refractivity contribution in [3.63, 3.8) is 0 Å². The monoisotopic (exact) mass is 741 g/mol. The number of aliphatic hydroxyl groups excluding tert-OH is 1. The third-order valence-electron chi connectivity index (χ3n) is 10.4. The van der Waals surface area contributed by atoms with Crippen LogP contribution in [-0.4, -0.2) is 137 Å². The topological polar surface area (TPSA) is 131 Å². The number of piperazine rings is 1. The maximum atomic E-state index is 14.2. The average molecular weight is 742 g/mol. The maximum absolute atomic E-state index is 14.2. The van der Waals surface area contributed by atoms with Gasteiger partial charge in [-0.15, -0.1) is 11.8 Å². The van der Waals surface area contributed by atoms with Crippen LogP contribution in [0.3, 0.4) is 0 Å². The second kappa shape index (κ2) is 15.1. The van der Waals surface area contributed by atoms with Crippen LogP contribution in [0.5, 0.6) is 0 Å². The molecule has 5 heterocycles. The van der Waals surface area contributed by atoms with Crippen molar-refractivity contribution < 1.29 is 36.3 Å². The van der Waals surface area contributed by atoms with Crippen molar-refractivity contribution in [3.05, 3.63) is 35.0 Å². The molecule has 2 unspecified atom stereocenters. The molecule has 4 aliphatic rings. The van der Waals surface area contributed by atoms with Crippen LogP contribution in [-0.2, 0) is 45.3 Å². The van der Waals surface area contributed by atoms with Gasteiger partial charge in [0.2, 0.25) is 21.8 Å². The number of benzene rings is 1. The van der Waals surface area contributed by atoms with E-state index >= 15 is 0 Å². The van der Waals surface area contributed by atoms with Gasteiger partial charge in [-0.1, -0.05) is 6.07 Å². The summed E-state index contributed by atoms with van der Waals surface area (Å²) >= 11 is 1.07. The minimum Gasteiger partial charge on any atom is -0.390 e. The lowest BCUT2D eigenvalue weighted by Gasteiger charge is -2.37. The Kier molecular flexibility index (Phi) is 11.2. The van der Waals surface area contributed by atoms with Crippen LogP contribution in [0.4, 0.5) is 13.2 Å². The molecule has 2 aromatic rings. The number of carbonyl (C=O) groups is 2. The molecule has 276 valence electrons. The molecule has 0 aliphatic carbocycles. The van der Waals surface area contributed by atoms with Crippen LogP contribution in [0.25, 0.3) is 11.3 Å². The molecule has 1 aromatic heterocycles. The normalized spacial score (nSPS) is 22.6. The van der Waals surface area contributed by atoms with Crippen LogP contribution < -0.4 is 5.32 Å². The van der Waals surface area contributed by atoms with E-state index in [2.05, 4.69) is 10.2 Å². The second-order valence-electron chi connectivity index (χ2n) is 13.7. The van der Waals surface area contributed by atoms with Gasteiger partial charge in [-0.25, -0.2) is 8.42 Å². The first-order chi connectivity index (χ1) is 23.7. The van der Waals surface area contributed by atoms with Crippen LogP contribution in [0, 0.1) is 0 Å². The maximum Gasteiger partial charge on any atom is 0.417 e. The Morgan fingerprint density at radius 3 is 2.52 bits per heavy atom. The molecule has 2 atom stereocenters. The number of alkyl halides is 3. The summed E-state index contributed by atoms with van der Waals surface area (Å²) < 4.78 is 70.6. The van der Waals surface area contributed by atoms with Gasteiger partial charge in [0.05, 0.1) is 36.2 Å².